The Balaban J connectivity index is 2.72. The van der Waals surface area contributed by atoms with E-state index in [4.69, 9.17) is 10.5 Å². The Morgan fingerprint density at radius 3 is 2.42 bits per heavy atom. The third kappa shape index (κ3) is 2.71. The monoisotopic (exact) mass is 277 g/mol. The smallest absolute Gasteiger partial charge is 0.178 e. The molecule has 0 aliphatic heterocycles. The zero-order valence-electron chi connectivity index (χ0n) is 10.8. The van der Waals surface area contributed by atoms with Crippen molar-refractivity contribution in [2.24, 2.45) is 0 Å². The molecule has 2 aromatic rings. The second kappa shape index (κ2) is 4.93. The Morgan fingerprint density at radius 1 is 1.11 bits per heavy atom. The molecule has 4 nitrogen and oxygen atoms in total. The van der Waals surface area contributed by atoms with Gasteiger partial charge in [0.2, 0.25) is 0 Å². The Bertz CT molecular complexity index is 708. The minimum atomic E-state index is -3.40. The summed E-state index contributed by atoms with van der Waals surface area (Å²) in [6, 6.07) is 12.3. The lowest BCUT2D eigenvalue weighted by Crippen LogP contribution is -2.04. The lowest BCUT2D eigenvalue weighted by atomic mass is 10.0. The SMILES string of the molecule is COc1cccc(-c2cccc(N)c2S(C)(=O)=O)c1. The van der Waals surface area contributed by atoms with E-state index in [1.54, 1.807) is 37.4 Å². The van der Waals surface area contributed by atoms with E-state index < -0.39 is 9.84 Å². The predicted molar refractivity (Wildman–Crippen MR) is 76.0 cm³/mol. The van der Waals surface area contributed by atoms with Gasteiger partial charge in [-0.05, 0) is 23.8 Å². The van der Waals surface area contributed by atoms with Crippen LogP contribution < -0.4 is 10.5 Å². The normalized spacial score (nSPS) is 11.3. The first kappa shape index (κ1) is 13.4. The number of methoxy groups -OCH3 is 1. The highest BCUT2D eigenvalue weighted by Gasteiger charge is 2.18. The lowest BCUT2D eigenvalue weighted by molar-refractivity contribution is 0.415. The summed E-state index contributed by atoms with van der Waals surface area (Å²) in [5.41, 5.74) is 7.40. The largest absolute Gasteiger partial charge is 0.497 e. The Morgan fingerprint density at radius 2 is 1.79 bits per heavy atom. The topological polar surface area (TPSA) is 69.4 Å². The average Bonchev–Trinajstić information content (AvgIpc) is 2.37. The zero-order chi connectivity index (χ0) is 14.0. The van der Waals surface area contributed by atoms with Crippen LogP contribution in [0.25, 0.3) is 11.1 Å². The van der Waals surface area contributed by atoms with E-state index in [0.29, 0.717) is 11.3 Å². The van der Waals surface area contributed by atoms with Gasteiger partial charge in [-0.3, -0.25) is 0 Å². The van der Waals surface area contributed by atoms with E-state index in [1.165, 1.54) is 0 Å². The van der Waals surface area contributed by atoms with Gasteiger partial charge in [-0.1, -0.05) is 24.3 Å². The average molecular weight is 277 g/mol. The van der Waals surface area contributed by atoms with Crippen molar-refractivity contribution >= 4 is 15.5 Å². The fourth-order valence-corrected chi connectivity index (χ4v) is 3.07. The van der Waals surface area contributed by atoms with Gasteiger partial charge in [-0.25, -0.2) is 8.42 Å². The van der Waals surface area contributed by atoms with Crippen LogP contribution >= 0.6 is 0 Å². The molecule has 0 heterocycles. The molecular weight excluding hydrogens is 262 g/mol. The molecule has 5 heteroatoms. The van der Waals surface area contributed by atoms with Crippen LogP contribution in [0, 0.1) is 0 Å². The minimum absolute atomic E-state index is 0.156. The molecule has 0 spiro atoms. The zero-order valence-corrected chi connectivity index (χ0v) is 11.6. The van der Waals surface area contributed by atoms with Crippen LogP contribution in [0.3, 0.4) is 0 Å². The van der Waals surface area contributed by atoms with Crippen molar-refractivity contribution in [2.75, 3.05) is 19.1 Å². The number of nitrogens with two attached hydrogens (primary N) is 1. The van der Waals surface area contributed by atoms with Crippen LogP contribution in [0.2, 0.25) is 0 Å². The molecule has 100 valence electrons. The van der Waals surface area contributed by atoms with Crippen molar-refractivity contribution in [2.45, 2.75) is 4.90 Å². The highest BCUT2D eigenvalue weighted by atomic mass is 32.2. The highest BCUT2D eigenvalue weighted by molar-refractivity contribution is 7.91. The standard InChI is InChI=1S/C14H15NO3S/c1-18-11-6-3-5-10(9-11)12-7-4-8-13(15)14(12)19(2,16)17/h3-9H,15H2,1-2H3. The first-order chi connectivity index (χ1) is 8.93. The lowest BCUT2D eigenvalue weighted by Gasteiger charge is -2.11. The molecule has 0 radical (unpaired) electrons. The summed E-state index contributed by atoms with van der Waals surface area (Å²) in [5.74, 6) is 0.666. The van der Waals surface area contributed by atoms with Crippen molar-refractivity contribution in [1.29, 1.82) is 0 Å². The van der Waals surface area contributed by atoms with Crippen molar-refractivity contribution in [3.05, 3.63) is 42.5 Å². The number of benzene rings is 2. The molecule has 2 N–H and O–H groups in total. The summed E-state index contributed by atoms with van der Waals surface area (Å²) in [6.45, 7) is 0. The van der Waals surface area contributed by atoms with E-state index in [0.717, 1.165) is 11.8 Å². The maximum Gasteiger partial charge on any atom is 0.178 e. The van der Waals surface area contributed by atoms with Gasteiger partial charge < -0.3 is 10.5 Å². The fourth-order valence-electron chi connectivity index (χ4n) is 1.99. The van der Waals surface area contributed by atoms with Crippen LogP contribution in [0.1, 0.15) is 0 Å². The van der Waals surface area contributed by atoms with Gasteiger partial charge in [-0.15, -0.1) is 0 Å². The summed E-state index contributed by atoms with van der Waals surface area (Å²) >= 11 is 0. The Labute approximate surface area is 112 Å². The van der Waals surface area contributed by atoms with Crippen molar-refractivity contribution in [3.63, 3.8) is 0 Å². The first-order valence-corrected chi connectivity index (χ1v) is 7.55. The van der Waals surface area contributed by atoms with Gasteiger partial charge in [0.05, 0.1) is 17.7 Å². The molecule has 0 aromatic heterocycles. The maximum atomic E-state index is 11.9. The van der Waals surface area contributed by atoms with E-state index in [2.05, 4.69) is 0 Å². The molecule has 0 aliphatic rings. The molecule has 0 aliphatic carbocycles. The number of hydrogen-bond donors (Lipinski definition) is 1. The molecule has 0 atom stereocenters. The molecule has 0 saturated heterocycles. The highest BCUT2D eigenvalue weighted by Crippen LogP contribution is 2.33. The van der Waals surface area contributed by atoms with E-state index >= 15 is 0 Å². The van der Waals surface area contributed by atoms with Gasteiger partial charge in [0.15, 0.2) is 9.84 Å². The molecule has 0 bridgehead atoms. The van der Waals surface area contributed by atoms with Crippen LogP contribution in [0.4, 0.5) is 5.69 Å². The van der Waals surface area contributed by atoms with E-state index in [9.17, 15) is 8.42 Å². The van der Waals surface area contributed by atoms with Crippen LogP contribution in [-0.4, -0.2) is 21.8 Å². The summed E-state index contributed by atoms with van der Waals surface area (Å²) in [4.78, 5) is 0.156. The Kier molecular flexibility index (Phi) is 3.48. The van der Waals surface area contributed by atoms with Crippen molar-refractivity contribution < 1.29 is 13.2 Å². The molecule has 0 amide bonds. The summed E-state index contributed by atoms with van der Waals surface area (Å²) in [5, 5.41) is 0. The molecule has 0 fully saturated rings. The van der Waals surface area contributed by atoms with E-state index in [-0.39, 0.29) is 10.6 Å². The number of ether oxygens (including phenoxy) is 1. The van der Waals surface area contributed by atoms with Crippen molar-refractivity contribution in [1.82, 2.24) is 0 Å². The van der Waals surface area contributed by atoms with Gasteiger partial charge in [0, 0.05) is 11.8 Å². The van der Waals surface area contributed by atoms with Crippen molar-refractivity contribution in [3.8, 4) is 16.9 Å². The third-order valence-corrected chi connectivity index (χ3v) is 3.99. The molecule has 0 saturated carbocycles. The van der Waals surface area contributed by atoms with Gasteiger partial charge in [0.25, 0.3) is 0 Å². The van der Waals surface area contributed by atoms with Gasteiger partial charge in [-0.2, -0.15) is 0 Å². The summed E-state index contributed by atoms with van der Waals surface area (Å²) in [6.07, 6.45) is 1.16. The Hall–Kier alpha value is -2.01. The first-order valence-electron chi connectivity index (χ1n) is 5.66. The van der Waals surface area contributed by atoms with Gasteiger partial charge >= 0.3 is 0 Å². The molecular formula is C14H15NO3S. The van der Waals surface area contributed by atoms with Crippen LogP contribution in [0.15, 0.2) is 47.4 Å². The molecule has 19 heavy (non-hydrogen) atoms. The second-order valence-corrected chi connectivity index (χ2v) is 6.18. The fraction of sp³-hybridized carbons (Fsp3) is 0.143. The minimum Gasteiger partial charge on any atom is -0.497 e. The predicted octanol–water partition coefficient (Wildman–Crippen LogP) is 2.35. The summed E-state index contributed by atoms with van der Waals surface area (Å²) < 4.78 is 28.9. The number of rotatable bonds is 3. The number of sulfone groups is 1. The van der Waals surface area contributed by atoms with Gasteiger partial charge in [0.1, 0.15) is 5.75 Å². The number of nitrogen functional groups attached to an aromatic ring is 1. The van der Waals surface area contributed by atoms with Crippen LogP contribution in [-0.2, 0) is 9.84 Å². The quantitative estimate of drug-likeness (QED) is 0.874. The molecule has 2 aromatic carbocycles. The third-order valence-electron chi connectivity index (χ3n) is 2.80. The van der Waals surface area contributed by atoms with E-state index in [1.807, 2.05) is 12.1 Å². The molecule has 2 rings (SSSR count). The number of hydrogen-bond acceptors (Lipinski definition) is 4. The van der Waals surface area contributed by atoms with Crippen LogP contribution in [0.5, 0.6) is 5.75 Å². The summed E-state index contributed by atoms with van der Waals surface area (Å²) in [7, 11) is -1.83. The molecule has 0 unspecified atom stereocenters. The number of anilines is 1. The maximum absolute atomic E-state index is 11.9. The second-order valence-electron chi connectivity index (χ2n) is 4.23.